The number of hydrogen-bond donors (Lipinski definition) is 0. The highest BCUT2D eigenvalue weighted by Crippen LogP contribution is 2.30. The fraction of sp³-hybridized carbons (Fsp3) is 0.375. The zero-order valence-corrected chi connectivity index (χ0v) is 18.6. The van der Waals surface area contributed by atoms with Crippen molar-refractivity contribution in [1.29, 1.82) is 0 Å². The summed E-state index contributed by atoms with van der Waals surface area (Å²) in [6, 6.07) is 14.0. The largest absolute Gasteiger partial charge is 0.497 e. The molecule has 0 spiro atoms. The zero-order chi connectivity index (χ0) is 22.2. The van der Waals surface area contributed by atoms with Crippen molar-refractivity contribution < 1.29 is 14.2 Å². The van der Waals surface area contributed by atoms with Gasteiger partial charge in [-0.05, 0) is 31.0 Å². The number of methoxy groups -OCH3 is 1. The van der Waals surface area contributed by atoms with Crippen LogP contribution in [0.1, 0.15) is 24.6 Å². The van der Waals surface area contributed by atoms with E-state index in [2.05, 4.69) is 4.90 Å². The maximum absolute atomic E-state index is 5.87. The molecule has 9 nitrogen and oxygen atoms in total. The molecule has 1 aromatic carbocycles. The lowest BCUT2D eigenvalue weighted by molar-refractivity contribution is 0.108. The first-order valence-corrected chi connectivity index (χ1v) is 11.3. The van der Waals surface area contributed by atoms with E-state index in [4.69, 9.17) is 29.4 Å². The minimum atomic E-state index is 0.0389. The number of aromatic nitrogens is 5. The second-order valence-corrected chi connectivity index (χ2v) is 8.29. The molecule has 1 unspecified atom stereocenters. The fourth-order valence-electron chi connectivity index (χ4n) is 4.45. The van der Waals surface area contributed by atoms with Crippen LogP contribution in [0.5, 0.6) is 5.75 Å². The SMILES string of the molecule is COc1cccc(-c2ccn(-c3cc(N4CCOCC4)n4nc(C5CCCO5)cc4n3)n2)c1. The number of fused-ring (bicyclic) bond motifs is 1. The Labute approximate surface area is 191 Å². The molecule has 2 aliphatic rings. The molecular formula is C24H26N6O3. The molecule has 0 N–H and O–H groups in total. The third kappa shape index (κ3) is 3.83. The highest BCUT2D eigenvalue weighted by molar-refractivity contribution is 5.62. The van der Waals surface area contributed by atoms with E-state index in [9.17, 15) is 0 Å². The summed E-state index contributed by atoms with van der Waals surface area (Å²) in [5.41, 5.74) is 3.58. The molecule has 2 aliphatic heterocycles. The van der Waals surface area contributed by atoms with E-state index in [1.165, 1.54) is 0 Å². The van der Waals surface area contributed by atoms with E-state index in [-0.39, 0.29) is 6.10 Å². The highest BCUT2D eigenvalue weighted by atomic mass is 16.5. The van der Waals surface area contributed by atoms with Gasteiger partial charge in [-0.15, -0.1) is 0 Å². The summed E-state index contributed by atoms with van der Waals surface area (Å²) < 4.78 is 20.6. The summed E-state index contributed by atoms with van der Waals surface area (Å²) in [6.45, 7) is 3.79. The molecule has 6 rings (SSSR count). The van der Waals surface area contributed by atoms with Crippen molar-refractivity contribution in [2.24, 2.45) is 0 Å². The number of benzene rings is 1. The van der Waals surface area contributed by atoms with Crippen molar-refractivity contribution >= 4 is 11.5 Å². The Morgan fingerprint density at radius 1 is 1.03 bits per heavy atom. The van der Waals surface area contributed by atoms with E-state index >= 15 is 0 Å². The average molecular weight is 447 g/mol. The monoisotopic (exact) mass is 446 g/mol. The van der Waals surface area contributed by atoms with E-state index < -0.39 is 0 Å². The summed E-state index contributed by atoms with van der Waals surface area (Å²) in [6.07, 6.45) is 4.03. The molecular weight excluding hydrogens is 420 g/mol. The maximum atomic E-state index is 5.87. The molecule has 3 aromatic heterocycles. The van der Waals surface area contributed by atoms with E-state index in [1.807, 2.05) is 57.9 Å². The lowest BCUT2D eigenvalue weighted by atomic mass is 10.1. The number of hydrogen-bond acceptors (Lipinski definition) is 7. The molecule has 2 saturated heterocycles. The molecule has 4 aromatic rings. The average Bonchev–Trinajstić information content (AvgIpc) is 3.64. The molecule has 1 atom stereocenters. The molecule has 5 heterocycles. The lowest BCUT2D eigenvalue weighted by Gasteiger charge is -2.29. The second-order valence-electron chi connectivity index (χ2n) is 8.29. The quantitative estimate of drug-likeness (QED) is 0.466. The standard InChI is InChI=1S/C24H26N6O3/c1-31-18-5-2-4-17(14-18)19-7-8-29(26-19)22-16-24(28-9-12-32-13-10-28)30-23(25-22)15-20(27-30)21-6-3-11-33-21/h2,4-5,7-8,14-16,21H,3,6,9-13H2,1H3. The summed E-state index contributed by atoms with van der Waals surface area (Å²) in [5, 5.41) is 9.68. The van der Waals surface area contributed by atoms with Crippen molar-refractivity contribution in [3.63, 3.8) is 0 Å². The first-order chi connectivity index (χ1) is 16.3. The van der Waals surface area contributed by atoms with Gasteiger partial charge in [-0.3, -0.25) is 0 Å². The van der Waals surface area contributed by atoms with E-state index in [0.29, 0.717) is 13.2 Å². The number of nitrogens with zero attached hydrogens (tertiary/aromatic N) is 6. The summed E-state index contributed by atoms with van der Waals surface area (Å²) in [5.74, 6) is 2.54. The molecule has 0 saturated carbocycles. The van der Waals surface area contributed by atoms with E-state index in [1.54, 1.807) is 7.11 Å². The van der Waals surface area contributed by atoms with Crippen molar-refractivity contribution in [1.82, 2.24) is 24.4 Å². The third-order valence-electron chi connectivity index (χ3n) is 6.20. The number of morpholine rings is 1. The minimum Gasteiger partial charge on any atom is -0.497 e. The Morgan fingerprint density at radius 2 is 1.94 bits per heavy atom. The Bertz CT molecular complexity index is 1270. The summed E-state index contributed by atoms with van der Waals surface area (Å²) >= 11 is 0. The highest BCUT2D eigenvalue weighted by Gasteiger charge is 2.24. The van der Waals surface area contributed by atoms with Crippen LogP contribution in [0.4, 0.5) is 5.82 Å². The van der Waals surface area contributed by atoms with Crippen LogP contribution in [0.25, 0.3) is 22.7 Å². The van der Waals surface area contributed by atoms with Crippen LogP contribution in [0, 0.1) is 0 Å². The molecule has 33 heavy (non-hydrogen) atoms. The molecule has 9 heteroatoms. The van der Waals surface area contributed by atoms with Crippen LogP contribution in [0.15, 0.2) is 48.7 Å². The van der Waals surface area contributed by atoms with Gasteiger partial charge in [0.25, 0.3) is 0 Å². The van der Waals surface area contributed by atoms with Crippen LogP contribution >= 0.6 is 0 Å². The van der Waals surface area contributed by atoms with Gasteiger partial charge in [0.1, 0.15) is 17.7 Å². The molecule has 170 valence electrons. The fourth-order valence-corrected chi connectivity index (χ4v) is 4.45. The molecule has 0 bridgehead atoms. The first-order valence-electron chi connectivity index (χ1n) is 11.3. The van der Waals surface area contributed by atoms with Gasteiger partial charge in [-0.1, -0.05) is 12.1 Å². The maximum Gasteiger partial charge on any atom is 0.160 e. The van der Waals surface area contributed by atoms with Crippen molar-refractivity contribution in [2.75, 3.05) is 44.9 Å². The normalized spacial score (nSPS) is 18.8. The van der Waals surface area contributed by atoms with Crippen molar-refractivity contribution in [3.8, 4) is 22.8 Å². The smallest absolute Gasteiger partial charge is 0.160 e. The summed E-state index contributed by atoms with van der Waals surface area (Å²) in [7, 11) is 1.67. The van der Waals surface area contributed by atoms with Gasteiger partial charge in [0, 0.05) is 43.6 Å². The van der Waals surface area contributed by atoms with Gasteiger partial charge in [0.15, 0.2) is 11.5 Å². The van der Waals surface area contributed by atoms with Crippen molar-refractivity contribution in [2.45, 2.75) is 18.9 Å². The minimum absolute atomic E-state index is 0.0389. The van der Waals surface area contributed by atoms with Crippen LogP contribution in [-0.2, 0) is 9.47 Å². The van der Waals surface area contributed by atoms with Crippen LogP contribution < -0.4 is 9.64 Å². The van der Waals surface area contributed by atoms with Crippen LogP contribution in [0.2, 0.25) is 0 Å². The number of anilines is 1. The Morgan fingerprint density at radius 3 is 2.76 bits per heavy atom. The van der Waals surface area contributed by atoms with E-state index in [0.717, 1.165) is 72.5 Å². The van der Waals surface area contributed by atoms with Crippen LogP contribution in [0.3, 0.4) is 0 Å². The van der Waals surface area contributed by atoms with Gasteiger partial charge in [0.2, 0.25) is 0 Å². The molecule has 2 fully saturated rings. The molecule has 0 aliphatic carbocycles. The first kappa shape index (κ1) is 20.2. The zero-order valence-electron chi connectivity index (χ0n) is 18.6. The van der Waals surface area contributed by atoms with Gasteiger partial charge in [0.05, 0.1) is 31.7 Å². The summed E-state index contributed by atoms with van der Waals surface area (Å²) in [4.78, 5) is 7.19. The predicted molar refractivity (Wildman–Crippen MR) is 123 cm³/mol. The van der Waals surface area contributed by atoms with Gasteiger partial charge in [-0.2, -0.15) is 14.7 Å². The number of ether oxygens (including phenoxy) is 3. The lowest BCUT2D eigenvalue weighted by Crippen LogP contribution is -2.37. The molecule has 0 radical (unpaired) electrons. The van der Waals surface area contributed by atoms with Crippen molar-refractivity contribution in [3.05, 3.63) is 54.4 Å². The van der Waals surface area contributed by atoms with Gasteiger partial charge >= 0.3 is 0 Å². The second kappa shape index (κ2) is 8.49. The Hall–Kier alpha value is -3.43. The Balaban J connectivity index is 1.42. The number of rotatable bonds is 5. The molecule has 0 amide bonds. The topological polar surface area (TPSA) is 78.9 Å². The van der Waals surface area contributed by atoms with Crippen LogP contribution in [-0.4, -0.2) is 64.4 Å². The van der Waals surface area contributed by atoms with Gasteiger partial charge in [-0.25, -0.2) is 9.67 Å². The Kier molecular flexibility index (Phi) is 5.20. The predicted octanol–water partition coefficient (Wildman–Crippen LogP) is 3.28. The third-order valence-corrected chi connectivity index (χ3v) is 6.20. The van der Waals surface area contributed by atoms with Gasteiger partial charge < -0.3 is 19.1 Å².